The van der Waals surface area contributed by atoms with E-state index < -0.39 is 0 Å². The number of carbonyl (C=O) groups is 1. The van der Waals surface area contributed by atoms with Gasteiger partial charge in [0.05, 0.1) is 38.3 Å². The van der Waals surface area contributed by atoms with E-state index in [1.807, 2.05) is 0 Å². The molecule has 0 aliphatic rings. The topological polar surface area (TPSA) is 95.7 Å². The van der Waals surface area contributed by atoms with Crippen LogP contribution in [0.25, 0.3) is 11.3 Å². The number of carbonyl (C=O) groups excluding carboxylic acids is 1. The fourth-order valence-corrected chi connectivity index (χ4v) is 2.27. The van der Waals surface area contributed by atoms with Crippen molar-refractivity contribution in [3.8, 4) is 28.5 Å². The number of hydrogen-bond acceptors (Lipinski definition) is 6. The lowest BCUT2D eigenvalue weighted by Crippen LogP contribution is -2.30. The Hall–Kier alpha value is -2.80. The molecule has 1 aromatic carbocycles. The normalized spacial score (nSPS) is 10.1. The molecule has 0 atom stereocenters. The molecule has 7 heteroatoms. The predicted molar refractivity (Wildman–Crippen MR) is 85.7 cm³/mol. The van der Waals surface area contributed by atoms with Crippen molar-refractivity contribution in [2.45, 2.75) is 6.92 Å². The van der Waals surface area contributed by atoms with E-state index in [1.165, 1.54) is 0 Å². The average Bonchev–Trinajstić information content (AvgIpc) is 2.59. The van der Waals surface area contributed by atoms with Crippen LogP contribution in [0, 0.1) is 6.92 Å². The first kappa shape index (κ1) is 16.6. The van der Waals surface area contributed by atoms with E-state index in [0.29, 0.717) is 34.2 Å². The highest BCUT2D eigenvalue weighted by Gasteiger charge is 2.16. The predicted octanol–water partition coefficient (Wildman–Crippen LogP) is 1.69. The highest BCUT2D eigenvalue weighted by Crippen LogP contribution is 2.40. The SMILES string of the molecule is COc1cc(-c2ccc(C(=O)NN)c(C)n2)cc(OC)c1OC. The van der Waals surface area contributed by atoms with Gasteiger partial charge in [-0.1, -0.05) is 0 Å². The number of nitrogen functional groups attached to an aromatic ring is 1. The van der Waals surface area contributed by atoms with Gasteiger partial charge in [0, 0.05) is 5.56 Å². The molecule has 0 unspecified atom stereocenters. The van der Waals surface area contributed by atoms with E-state index in [1.54, 1.807) is 52.5 Å². The first-order valence-electron chi connectivity index (χ1n) is 6.84. The summed E-state index contributed by atoms with van der Waals surface area (Å²) in [6.45, 7) is 1.74. The summed E-state index contributed by atoms with van der Waals surface area (Å²) in [5.74, 6) is 6.35. The van der Waals surface area contributed by atoms with Gasteiger partial charge in [0.25, 0.3) is 5.91 Å². The molecule has 1 amide bonds. The van der Waals surface area contributed by atoms with Crippen molar-refractivity contribution in [3.63, 3.8) is 0 Å². The Balaban J connectivity index is 2.54. The summed E-state index contributed by atoms with van der Waals surface area (Å²) < 4.78 is 16.0. The number of aryl methyl sites for hydroxylation is 1. The van der Waals surface area contributed by atoms with Crippen LogP contribution in [0.15, 0.2) is 24.3 Å². The van der Waals surface area contributed by atoms with Gasteiger partial charge in [0.15, 0.2) is 11.5 Å². The Kier molecular flexibility index (Phi) is 5.02. The third-order valence-electron chi connectivity index (χ3n) is 3.42. The number of aromatic nitrogens is 1. The number of nitrogens with two attached hydrogens (primary N) is 1. The van der Waals surface area contributed by atoms with Crippen molar-refractivity contribution in [1.29, 1.82) is 0 Å². The zero-order chi connectivity index (χ0) is 17.0. The molecule has 0 radical (unpaired) electrons. The van der Waals surface area contributed by atoms with Crippen LogP contribution < -0.4 is 25.5 Å². The summed E-state index contributed by atoms with van der Waals surface area (Å²) >= 11 is 0. The number of nitrogens with zero attached hydrogens (tertiary/aromatic N) is 1. The van der Waals surface area contributed by atoms with Crippen LogP contribution in [-0.4, -0.2) is 32.2 Å². The molecule has 1 heterocycles. The van der Waals surface area contributed by atoms with Gasteiger partial charge in [-0.25, -0.2) is 5.84 Å². The lowest BCUT2D eigenvalue weighted by Gasteiger charge is -2.14. The summed E-state index contributed by atoms with van der Waals surface area (Å²) in [7, 11) is 4.64. The van der Waals surface area contributed by atoms with E-state index in [2.05, 4.69) is 10.4 Å². The summed E-state index contributed by atoms with van der Waals surface area (Å²) in [5.41, 5.74) is 4.54. The minimum absolute atomic E-state index is 0.383. The number of benzene rings is 1. The van der Waals surface area contributed by atoms with Crippen LogP contribution in [0.5, 0.6) is 17.2 Å². The number of nitrogens with one attached hydrogen (secondary N) is 1. The van der Waals surface area contributed by atoms with E-state index in [4.69, 9.17) is 20.1 Å². The van der Waals surface area contributed by atoms with Crippen LogP contribution >= 0.6 is 0 Å². The second-order valence-electron chi connectivity index (χ2n) is 4.72. The van der Waals surface area contributed by atoms with Crippen molar-refractivity contribution >= 4 is 5.91 Å². The van der Waals surface area contributed by atoms with Crippen LogP contribution in [0.1, 0.15) is 16.1 Å². The molecule has 7 nitrogen and oxygen atoms in total. The Morgan fingerprint density at radius 3 is 2.13 bits per heavy atom. The molecule has 0 saturated carbocycles. The number of ether oxygens (including phenoxy) is 3. The number of methoxy groups -OCH3 is 3. The van der Waals surface area contributed by atoms with Crippen molar-refractivity contribution in [1.82, 2.24) is 10.4 Å². The van der Waals surface area contributed by atoms with Crippen LogP contribution in [0.2, 0.25) is 0 Å². The van der Waals surface area contributed by atoms with Gasteiger partial charge >= 0.3 is 0 Å². The average molecular weight is 317 g/mol. The maximum atomic E-state index is 11.6. The molecule has 1 aromatic heterocycles. The van der Waals surface area contributed by atoms with Gasteiger partial charge < -0.3 is 14.2 Å². The van der Waals surface area contributed by atoms with Gasteiger partial charge in [0.2, 0.25) is 5.75 Å². The third-order valence-corrected chi connectivity index (χ3v) is 3.42. The molecule has 0 aliphatic carbocycles. The summed E-state index contributed by atoms with van der Waals surface area (Å²) in [5, 5.41) is 0. The lowest BCUT2D eigenvalue weighted by atomic mass is 10.1. The molecule has 0 bridgehead atoms. The Morgan fingerprint density at radius 2 is 1.70 bits per heavy atom. The number of hydrazine groups is 1. The Bertz CT molecular complexity index is 706. The minimum Gasteiger partial charge on any atom is -0.493 e. The Labute approximate surface area is 134 Å². The van der Waals surface area contributed by atoms with Crippen molar-refractivity contribution in [2.75, 3.05) is 21.3 Å². The van der Waals surface area contributed by atoms with Gasteiger partial charge in [-0.3, -0.25) is 15.2 Å². The monoisotopic (exact) mass is 317 g/mol. The molecule has 0 saturated heterocycles. The molecule has 122 valence electrons. The first-order chi connectivity index (χ1) is 11.0. The molecule has 0 fully saturated rings. The van der Waals surface area contributed by atoms with E-state index in [-0.39, 0.29) is 5.91 Å². The quantitative estimate of drug-likeness (QED) is 0.495. The molecule has 2 aromatic rings. The second-order valence-corrected chi connectivity index (χ2v) is 4.72. The largest absolute Gasteiger partial charge is 0.493 e. The number of rotatable bonds is 5. The minimum atomic E-state index is -0.383. The molecule has 0 spiro atoms. The van der Waals surface area contributed by atoms with Gasteiger partial charge in [-0.05, 0) is 31.2 Å². The summed E-state index contributed by atoms with van der Waals surface area (Å²) in [6.07, 6.45) is 0. The molecular weight excluding hydrogens is 298 g/mol. The fraction of sp³-hybridized carbons (Fsp3) is 0.250. The zero-order valence-corrected chi connectivity index (χ0v) is 13.5. The number of amides is 1. The molecule has 23 heavy (non-hydrogen) atoms. The fourth-order valence-electron chi connectivity index (χ4n) is 2.27. The van der Waals surface area contributed by atoms with E-state index in [0.717, 1.165) is 5.56 Å². The molecule has 2 rings (SSSR count). The second kappa shape index (κ2) is 6.97. The smallest absolute Gasteiger partial charge is 0.267 e. The van der Waals surface area contributed by atoms with Crippen molar-refractivity contribution < 1.29 is 19.0 Å². The molecule has 3 N–H and O–H groups in total. The molecule has 0 aliphatic heterocycles. The maximum Gasteiger partial charge on any atom is 0.267 e. The molecular formula is C16H19N3O4. The van der Waals surface area contributed by atoms with E-state index >= 15 is 0 Å². The maximum absolute atomic E-state index is 11.6. The van der Waals surface area contributed by atoms with E-state index in [9.17, 15) is 4.79 Å². The zero-order valence-electron chi connectivity index (χ0n) is 13.5. The number of pyridine rings is 1. The Morgan fingerprint density at radius 1 is 1.09 bits per heavy atom. The first-order valence-corrected chi connectivity index (χ1v) is 6.84. The number of hydrogen-bond donors (Lipinski definition) is 2. The van der Waals surface area contributed by atoms with Crippen LogP contribution in [0.4, 0.5) is 0 Å². The third kappa shape index (κ3) is 3.19. The summed E-state index contributed by atoms with van der Waals surface area (Å²) in [4.78, 5) is 16.1. The highest BCUT2D eigenvalue weighted by atomic mass is 16.5. The standard InChI is InChI=1S/C16H19N3O4/c1-9-11(16(20)19-17)5-6-12(18-9)10-7-13(21-2)15(23-4)14(8-10)22-3/h5-8H,17H2,1-4H3,(H,19,20). The van der Waals surface area contributed by atoms with Crippen LogP contribution in [-0.2, 0) is 0 Å². The van der Waals surface area contributed by atoms with Gasteiger partial charge in [-0.2, -0.15) is 0 Å². The lowest BCUT2D eigenvalue weighted by molar-refractivity contribution is 0.0952. The van der Waals surface area contributed by atoms with Gasteiger partial charge in [-0.15, -0.1) is 0 Å². The van der Waals surface area contributed by atoms with Crippen LogP contribution in [0.3, 0.4) is 0 Å². The van der Waals surface area contributed by atoms with Gasteiger partial charge in [0.1, 0.15) is 0 Å². The summed E-state index contributed by atoms with van der Waals surface area (Å²) in [6, 6.07) is 7.00. The highest BCUT2D eigenvalue weighted by molar-refractivity contribution is 5.95. The van der Waals surface area contributed by atoms with Crippen molar-refractivity contribution in [3.05, 3.63) is 35.5 Å². The van der Waals surface area contributed by atoms with Crippen molar-refractivity contribution in [2.24, 2.45) is 5.84 Å².